The minimum absolute atomic E-state index is 0.785. The summed E-state index contributed by atoms with van der Waals surface area (Å²) >= 11 is 5.61. The van der Waals surface area contributed by atoms with E-state index in [0.29, 0.717) is 0 Å². The van der Waals surface area contributed by atoms with Crippen LogP contribution in [0.5, 0.6) is 5.75 Å². The monoisotopic (exact) mass is 318 g/mol. The van der Waals surface area contributed by atoms with Gasteiger partial charge in [0.25, 0.3) is 0 Å². The summed E-state index contributed by atoms with van der Waals surface area (Å²) in [6, 6.07) is 8.16. The molecule has 1 aromatic rings. The lowest BCUT2D eigenvalue weighted by atomic mass is 9.75. The molecule has 2 fully saturated rings. The molecule has 1 aliphatic carbocycles. The van der Waals surface area contributed by atoms with Gasteiger partial charge in [0.1, 0.15) is 5.75 Å². The molecule has 120 valence electrons. The van der Waals surface area contributed by atoms with E-state index in [1.165, 1.54) is 37.7 Å². The molecule has 1 aromatic carbocycles. The lowest BCUT2D eigenvalue weighted by Crippen LogP contribution is -2.48. The highest BCUT2D eigenvalue weighted by Crippen LogP contribution is 2.36. The standard InChI is InChI=1S/C18H26N2OS/c1-21-17-8-6-14(7-9-17)12-19-18(22)20-11-10-15-4-2-3-5-16(15)13-20/h6-9,15-16H,2-5,10-13H2,1H3,(H,19,22)/t15-,16+/m1/s1. The Labute approximate surface area is 139 Å². The Morgan fingerprint density at radius 2 is 1.91 bits per heavy atom. The number of benzene rings is 1. The van der Waals surface area contributed by atoms with Gasteiger partial charge in [-0.05, 0) is 54.6 Å². The van der Waals surface area contributed by atoms with Crippen LogP contribution in [0.4, 0.5) is 0 Å². The van der Waals surface area contributed by atoms with Crippen molar-refractivity contribution in [3.8, 4) is 5.75 Å². The number of thiocarbonyl (C=S) groups is 1. The van der Waals surface area contributed by atoms with Gasteiger partial charge in [0.15, 0.2) is 5.11 Å². The fraction of sp³-hybridized carbons (Fsp3) is 0.611. The normalized spacial score (nSPS) is 24.5. The number of nitrogens with zero attached hydrogens (tertiary/aromatic N) is 1. The summed E-state index contributed by atoms with van der Waals surface area (Å²) in [6.45, 7) is 3.06. The number of hydrogen-bond acceptors (Lipinski definition) is 2. The van der Waals surface area contributed by atoms with E-state index in [9.17, 15) is 0 Å². The van der Waals surface area contributed by atoms with Gasteiger partial charge >= 0.3 is 0 Å². The van der Waals surface area contributed by atoms with E-state index in [-0.39, 0.29) is 0 Å². The molecule has 1 saturated carbocycles. The van der Waals surface area contributed by atoms with Crippen LogP contribution in [0.1, 0.15) is 37.7 Å². The zero-order chi connectivity index (χ0) is 15.4. The van der Waals surface area contributed by atoms with Gasteiger partial charge in [-0.3, -0.25) is 0 Å². The molecule has 0 unspecified atom stereocenters. The van der Waals surface area contributed by atoms with Crippen molar-refractivity contribution in [3.63, 3.8) is 0 Å². The van der Waals surface area contributed by atoms with Crippen molar-refractivity contribution in [2.75, 3.05) is 20.2 Å². The van der Waals surface area contributed by atoms with Crippen LogP contribution in [0.15, 0.2) is 24.3 Å². The number of piperidine rings is 1. The molecule has 2 aliphatic rings. The van der Waals surface area contributed by atoms with Gasteiger partial charge in [0.05, 0.1) is 7.11 Å². The SMILES string of the molecule is COc1ccc(CNC(=S)N2CC[C@H]3CCCC[C@H]3C2)cc1. The second kappa shape index (κ2) is 7.32. The van der Waals surface area contributed by atoms with Crippen LogP contribution in [0, 0.1) is 11.8 Å². The summed E-state index contributed by atoms with van der Waals surface area (Å²) in [5.41, 5.74) is 1.23. The zero-order valence-corrected chi connectivity index (χ0v) is 14.2. The van der Waals surface area contributed by atoms with Crippen molar-refractivity contribution in [2.24, 2.45) is 11.8 Å². The topological polar surface area (TPSA) is 24.5 Å². The maximum atomic E-state index is 5.61. The summed E-state index contributed by atoms with van der Waals surface area (Å²) in [5, 5.41) is 4.33. The highest BCUT2D eigenvalue weighted by Gasteiger charge is 2.31. The number of ether oxygens (including phenoxy) is 1. The molecule has 1 saturated heterocycles. The third-order valence-electron chi connectivity index (χ3n) is 5.18. The molecule has 1 aliphatic heterocycles. The van der Waals surface area contributed by atoms with Crippen LogP contribution in [0.2, 0.25) is 0 Å². The fourth-order valence-electron chi connectivity index (χ4n) is 3.82. The van der Waals surface area contributed by atoms with Crippen LogP contribution in [0.3, 0.4) is 0 Å². The van der Waals surface area contributed by atoms with Crippen LogP contribution in [0.25, 0.3) is 0 Å². The van der Waals surface area contributed by atoms with Gasteiger partial charge in [-0.15, -0.1) is 0 Å². The van der Waals surface area contributed by atoms with Gasteiger partial charge in [-0.1, -0.05) is 31.4 Å². The van der Waals surface area contributed by atoms with E-state index in [1.54, 1.807) is 7.11 Å². The van der Waals surface area contributed by atoms with Crippen molar-refractivity contribution in [1.82, 2.24) is 10.2 Å². The molecule has 1 heterocycles. The molecule has 2 atom stereocenters. The average Bonchev–Trinajstić information content (AvgIpc) is 2.59. The lowest BCUT2D eigenvalue weighted by molar-refractivity contribution is 0.129. The van der Waals surface area contributed by atoms with Gasteiger partial charge in [-0.2, -0.15) is 0 Å². The molecular weight excluding hydrogens is 292 g/mol. The number of nitrogens with one attached hydrogen (secondary N) is 1. The Morgan fingerprint density at radius 3 is 2.64 bits per heavy atom. The first-order chi connectivity index (χ1) is 10.8. The predicted octanol–water partition coefficient (Wildman–Crippen LogP) is 3.58. The number of likely N-dealkylation sites (tertiary alicyclic amines) is 1. The van der Waals surface area contributed by atoms with Gasteiger partial charge in [0.2, 0.25) is 0 Å². The highest BCUT2D eigenvalue weighted by atomic mass is 32.1. The summed E-state index contributed by atoms with van der Waals surface area (Å²) in [7, 11) is 1.69. The molecule has 1 N–H and O–H groups in total. The predicted molar refractivity (Wildman–Crippen MR) is 94.1 cm³/mol. The minimum atomic E-state index is 0.785. The number of methoxy groups -OCH3 is 1. The van der Waals surface area contributed by atoms with E-state index in [2.05, 4.69) is 22.3 Å². The minimum Gasteiger partial charge on any atom is -0.497 e. The first-order valence-electron chi connectivity index (χ1n) is 8.42. The van der Waals surface area contributed by atoms with Crippen molar-refractivity contribution < 1.29 is 4.74 Å². The van der Waals surface area contributed by atoms with Crippen LogP contribution >= 0.6 is 12.2 Å². The van der Waals surface area contributed by atoms with Crippen LogP contribution in [-0.4, -0.2) is 30.2 Å². The average molecular weight is 318 g/mol. The summed E-state index contributed by atoms with van der Waals surface area (Å²) in [4.78, 5) is 2.38. The Morgan fingerprint density at radius 1 is 1.18 bits per heavy atom. The van der Waals surface area contributed by atoms with Gasteiger partial charge in [0, 0.05) is 19.6 Å². The molecule has 0 spiro atoms. The van der Waals surface area contributed by atoms with Crippen molar-refractivity contribution in [2.45, 2.75) is 38.6 Å². The quantitative estimate of drug-likeness (QED) is 0.861. The Bertz CT molecular complexity index is 502. The third-order valence-corrected chi connectivity index (χ3v) is 5.58. The van der Waals surface area contributed by atoms with E-state index >= 15 is 0 Å². The second-order valence-electron chi connectivity index (χ2n) is 6.55. The van der Waals surface area contributed by atoms with Crippen LogP contribution < -0.4 is 10.1 Å². The Hall–Kier alpha value is -1.29. The van der Waals surface area contributed by atoms with Gasteiger partial charge in [-0.25, -0.2) is 0 Å². The first-order valence-corrected chi connectivity index (χ1v) is 8.83. The summed E-state index contributed by atoms with van der Waals surface area (Å²) in [5.74, 6) is 2.71. The molecule has 0 amide bonds. The Kier molecular flexibility index (Phi) is 5.19. The van der Waals surface area contributed by atoms with Gasteiger partial charge < -0.3 is 15.0 Å². The largest absolute Gasteiger partial charge is 0.497 e. The first kappa shape index (κ1) is 15.6. The number of rotatable bonds is 3. The third kappa shape index (κ3) is 3.72. The maximum Gasteiger partial charge on any atom is 0.169 e. The van der Waals surface area contributed by atoms with E-state index in [1.807, 2.05) is 12.1 Å². The molecule has 4 heteroatoms. The molecule has 3 rings (SSSR count). The van der Waals surface area contributed by atoms with E-state index in [4.69, 9.17) is 17.0 Å². The number of hydrogen-bond donors (Lipinski definition) is 1. The maximum absolute atomic E-state index is 5.61. The number of fused-ring (bicyclic) bond motifs is 1. The van der Waals surface area contributed by atoms with Crippen molar-refractivity contribution in [3.05, 3.63) is 29.8 Å². The van der Waals surface area contributed by atoms with E-state index < -0.39 is 0 Å². The van der Waals surface area contributed by atoms with E-state index in [0.717, 1.165) is 42.3 Å². The summed E-state index contributed by atoms with van der Waals surface area (Å²) in [6.07, 6.45) is 6.98. The molecule has 22 heavy (non-hydrogen) atoms. The molecular formula is C18H26N2OS. The zero-order valence-electron chi connectivity index (χ0n) is 13.4. The van der Waals surface area contributed by atoms with Crippen LogP contribution in [-0.2, 0) is 6.54 Å². The lowest BCUT2D eigenvalue weighted by Gasteiger charge is -2.42. The summed E-state index contributed by atoms with van der Waals surface area (Å²) < 4.78 is 5.19. The van der Waals surface area contributed by atoms with Crippen molar-refractivity contribution in [1.29, 1.82) is 0 Å². The van der Waals surface area contributed by atoms with Crippen molar-refractivity contribution >= 4 is 17.3 Å². The highest BCUT2D eigenvalue weighted by molar-refractivity contribution is 7.80. The smallest absolute Gasteiger partial charge is 0.169 e. The molecule has 0 aromatic heterocycles. The molecule has 0 radical (unpaired) electrons. The second-order valence-corrected chi connectivity index (χ2v) is 6.93. The molecule has 3 nitrogen and oxygen atoms in total. The Balaban J connectivity index is 1.49. The molecule has 0 bridgehead atoms. The fourth-order valence-corrected chi connectivity index (χ4v) is 4.06.